The Morgan fingerprint density at radius 3 is 2.59 bits per heavy atom. The molecule has 2 aromatic carbocycles. The van der Waals surface area contributed by atoms with Gasteiger partial charge in [-0.3, -0.25) is 9.27 Å². The second kappa shape index (κ2) is 5.49. The normalized spacial score (nSPS) is 14.5. The average molecular weight is 346 g/mol. The Hall–Kier alpha value is -1.71. The number of benzene rings is 2. The summed E-state index contributed by atoms with van der Waals surface area (Å²) in [6.45, 7) is 0. The zero-order valence-corrected chi connectivity index (χ0v) is 12.4. The summed E-state index contributed by atoms with van der Waals surface area (Å²) in [4.78, 5) is 1.12. The van der Waals surface area contributed by atoms with Crippen LogP contribution in [-0.2, 0) is 17.4 Å². The fraction of sp³-hybridized carbons (Fsp3) is 0.0769. The van der Waals surface area contributed by atoms with Gasteiger partial charge in [0.25, 0.3) is 11.3 Å². The van der Waals surface area contributed by atoms with Crippen LogP contribution >= 0.6 is 11.8 Å². The second-order valence-electron chi connectivity index (χ2n) is 4.47. The maximum absolute atomic E-state index is 13.0. The van der Waals surface area contributed by atoms with Crippen molar-refractivity contribution < 1.29 is 21.9 Å². The monoisotopic (exact) mass is 346 g/mol. The Balaban J connectivity index is 2.13. The van der Waals surface area contributed by atoms with Crippen molar-refractivity contribution in [2.24, 2.45) is 0 Å². The van der Waals surface area contributed by atoms with Crippen LogP contribution in [0.3, 0.4) is 0 Å². The first-order valence-corrected chi connectivity index (χ1v) is 7.93. The zero-order chi connectivity index (χ0) is 15.9. The van der Waals surface area contributed by atoms with E-state index in [4.69, 9.17) is 4.55 Å². The first-order valence-electron chi connectivity index (χ1n) is 6.01. The molecule has 3 rings (SSSR count). The molecule has 2 aromatic rings. The van der Waals surface area contributed by atoms with Gasteiger partial charge in [-0.25, -0.2) is 4.21 Å². The minimum atomic E-state index is -4.54. The van der Waals surface area contributed by atoms with Gasteiger partial charge in [0.2, 0.25) is 0 Å². The lowest BCUT2D eigenvalue weighted by Gasteiger charge is -2.24. The lowest BCUT2D eigenvalue weighted by molar-refractivity contribution is -0.137. The molecule has 1 atom stereocenters. The van der Waals surface area contributed by atoms with Gasteiger partial charge >= 0.3 is 6.18 Å². The Labute approximate surface area is 130 Å². The molecule has 0 saturated carbocycles. The number of hydrogen-bond donors (Lipinski definition) is 3. The van der Waals surface area contributed by atoms with Crippen molar-refractivity contribution in [2.75, 3.05) is 10.0 Å². The van der Waals surface area contributed by atoms with Crippen molar-refractivity contribution >= 4 is 40.1 Å². The second-order valence-corrected chi connectivity index (χ2v) is 6.26. The molecule has 0 bridgehead atoms. The molecule has 0 amide bonds. The number of fused-ring (bicyclic) bond motifs is 2. The van der Waals surface area contributed by atoms with Gasteiger partial charge in [-0.2, -0.15) is 13.2 Å². The van der Waals surface area contributed by atoms with Gasteiger partial charge in [0.1, 0.15) is 0 Å². The number of rotatable bonds is 2. The smallest absolute Gasteiger partial charge is 0.352 e. The van der Waals surface area contributed by atoms with Crippen molar-refractivity contribution in [3.05, 3.63) is 42.0 Å². The Morgan fingerprint density at radius 2 is 1.91 bits per heavy atom. The first-order chi connectivity index (χ1) is 10.3. The lowest BCUT2D eigenvalue weighted by atomic mass is 10.1. The molecular weight excluding hydrogens is 337 g/mol. The highest BCUT2D eigenvalue weighted by Gasteiger charge is 2.33. The highest BCUT2D eigenvalue weighted by molar-refractivity contribution is 7.99. The molecule has 0 fully saturated rings. The molecule has 0 spiro atoms. The fourth-order valence-corrected chi connectivity index (χ4v) is 3.49. The summed E-state index contributed by atoms with van der Waals surface area (Å²) < 4.78 is 60.9. The van der Waals surface area contributed by atoms with Crippen LogP contribution in [0.15, 0.2) is 46.2 Å². The number of halogens is 3. The van der Waals surface area contributed by atoms with E-state index in [2.05, 4.69) is 10.0 Å². The van der Waals surface area contributed by atoms with Gasteiger partial charge < -0.3 is 5.32 Å². The molecule has 3 N–H and O–H groups in total. The third kappa shape index (κ3) is 2.92. The van der Waals surface area contributed by atoms with Crippen molar-refractivity contribution in [1.29, 1.82) is 0 Å². The molecule has 0 aliphatic carbocycles. The van der Waals surface area contributed by atoms with E-state index in [1.165, 1.54) is 11.8 Å². The van der Waals surface area contributed by atoms with Crippen LogP contribution in [0.4, 0.5) is 30.2 Å². The van der Waals surface area contributed by atoms with Crippen LogP contribution in [0, 0.1) is 0 Å². The number of para-hydroxylation sites is 1. The predicted molar refractivity (Wildman–Crippen MR) is 79.7 cm³/mol. The number of alkyl halides is 3. The molecule has 0 saturated heterocycles. The van der Waals surface area contributed by atoms with E-state index >= 15 is 0 Å². The van der Waals surface area contributed by atoms with Gasteiger partial charge in [0.15, 0.2) is 0 Å². The van der Waals surface area contributed by atoms with E-state index in [0.717, 1.165) is 22.7 Å². The maximum Gasteiger partial charge on any atom is 0.416 e. The molecule has 4 nitrogen and oxygen atoms in total. The van der Waals surface area contributed by atoms with Crippen LogP contribution in [0.1, 0.15) is 5.56 Å². The molecule has 1 unspecified atom stereocenters. The van der Waals surface area contributed by atoms with E-state index in [0.29, 0.717) is 10.6 Å². The molecule has 9 heteroatoms. The van der Waals surface area contributed by atoms with Gasteiger partial charge in [0.05, 0.1) is 22.6 Å². The standard InChI is InChI=1S/C13H9F3N2O2S2/c14-13(15,16)7-5-9(18-22(19)20)12-11(6-7)21-10-4-2-1-3-8(10)17-12/h1-6,17-18H,(H,19,20). The fourth-order valence-electron chi connectivity index (χ4n) is 2.08. The third-order valence-electron chi connectivity index (χ3n) is 2.99. The van der Waals surface area contributed by atoms with E-state index in [1.807, 2.05) is 0 Å². The van der Waals surface area contributed by atoms with Crippen molar-refractivity contribution in [2.45, 2.75) is 16.0 Å². The quantitative estimate of drug-likeness (QED) is 0.600. The summed E-state index contributed by atoms with van der Waals surface area (Å²) in [6.07, 6.45) is -4.54. The Kier molecular flexibility index (Phi) is 3.79. The van der Waals surface area contributed by atoms with E-state index < -0.39 is 23.0 Å². The van der Waals surface area contributed by atoms with Crippen LogP contribution < -0.4 is 10.0 Å². The summed E-state index contributed by atoms with van der Waals surface area (Å²) in [5.74, 6) is 0. The lowest BCUT2D eigenvalue weighted by Crippen LogP contribution is -2.12. The molecule has 1 heterocycles. The number of hydrogen-bond acceptors (Lipinski definition) is 3. The highest BCUT2D eigenvalue weighted by Crippen LogP contribution is 2.49. The van der Waals surface area contributed by atoms with Crippen LogP contribution in [0.2, 0.25) is 0 Å². The SMILES string of the molecule is O=S(O)Nc1cc(C(F)(F)F)cc2c1Nc1ccccc1S2. The number of nitrogens with one attached hydrogen (secondary N) is 2. The minimum Gasteiger partial charge on any atom is -0.352 e. The predicted octanol–water partition coefficient (Wildman–Crippen LogP) is 4.46. The zero-order valence-electron chi connectivity index (χ0n) is 10.8. The Morgan fingerprint density at radius 1 is 1.18 bits per heavy atom. The Bertz CT molecular complexity index is 765. The number of anilines is 3. The van der Waals surface area contributed by atoms with Crippen LogP contribution in [0.5, 0.6) is 0 Å². The van der Waals surface area contributed by atoms with E-state index in [1.54, 1.807) is 24.3 Å². The molecule has 0 radical (unpaired) electrons. The third-order valence-corrected chi connectivity index (χ3v) is 4.51. The molecule has 1 aliphatic heterocycles. The van der Waals surface area contributed by atoms with Crippen molar-refractivity contribution in [3.63, 3.8) is 0 Å². The van der Waals surface area contributed by atoms with E-state index in [-0.39, 0.29) is 5.69 Å². The summed E-state index contributed by atoms with van der Waals surface area (Å²) >= 11 is -1.30. The van der Waals surface area contributed by atoms with Gasteiger partial charge in [-0.15, -0.1) is 0 Å². The molecule has 116 valence electrons. The van der Waals surface area contributed by atoms with Crippen LogP contribution in [-0.4, -0.2) is 8.76 Å². The first kappa shape index (κ1) is 15.2. The largest absolute Gasteiger partial charge is 0.416 e. The molecular formula is C13H9F3N2O2S2. The van der Waals surface area contributed by atoms with E-state index in [9.17, 15) is 17.4 Å². The summed E-state index contributed by atoms with van der Waals surface area (Å²) in [5, 5.41) is 3.00. The molecule has 22 heavy (non-hydrogen) atoms. The molecule has 1 aliphatic rings. The van der Waals surface area contributed by atoms with Gasteiger partial charge in [-0.1, -0.05) is 23.9 Å². The minimum absolute atomic E-state index is 0.0762. The topological polar surface area (TPSA) is 61.4 Å². The summed E-state index contributed by atoms with van der Waals surface area (Å²) in [7, 11) is 0. The van der Waals surface area contributed by atoms with Crippen molar-refractivity contribution in [1.82, 2.24) is 0 Å². The van der Waals surface area contributed by atoms with Crippen LogP contribution in [0.25, 0.3) is 0 Å². The summed E-state index contributed by atoms with van der Waals surface area (Å²) in [5.41, 5.74) is 0.117. The molecule has 0 aromatic heterocycles. The van der Waals surface area contributed by atoms with Gasteiger partial charge in [0, 0.05) is 9.79 Å². The summed E-state index contributed by atoms with van der Waals surface area (Å²) in [6, 6.07) is 8.98. The van der Waals surface area contributed by atoms with Crippen molar-refractivity contribution in [3.8, 4) is 0 Å². The maximum atomic E-state index is 13.0. The highest BCUT2D eigenvalue weighted by atomic mass is 32.2. The average Bonchev–Trinajstić information content (AvgIpc) is 2.43. The van der Waals surface area contributed by atoms with Gasteiger partial charge in [-0.05, 0) is 24.3 Å².